The molecule has 0 aliphatic carbocycles. The molecule has 0 heterocycles. The predicted molar refractivity (Wildman–Crippen MR) is 71.7 cm³/mol. The number of rotatable bonds is 6. The van der Waals surface area contributed by atoms with Crippen LogP contribution in [0, 0.1) is 0 Å². The molecule has 4 N–H and O–H groups in total. The first-order valence-electron chi connectivity index (χ1n) is 5.87. The van der Waals surface area contributed by atoms with Gasteiger partial charge in [-0.2, -0.15) is 0 Å². The Morgan fingerprint density at radius 1 is 1.35 bits per heavy atom. The van der Waals surface area contributed by atoms with Crippen LogP contribution in [0.2, 0.25) is 0 Å². The summed E-state index contributed by atoms with van der Waals surface area (Å²) >= 11 is 0. The van der Waals surface area contributed by atoms with Crippen LogP contribution in [0.3, 0.4) is 0 Å². The Morgan fingerprint density at radius 3 is 2.50 bits per heavy atom. The van der Waals surface area contributed by atoms with Gasteiger partial charge in [-0.15, -0.1) is 0 Å². The number of primary amides is 1. The number of benzene rings is 1. The molecule has 1 atom stereocenters. The molecular weight excluding hydrogens is 284 g/mol. The van der Waals surface area contributed by atoms with E-state index in [1.54, 1.807) is 0 Å². The topological polar surface area (TPSA) is 127 Å². The summed E-state index contributed by atoms with van der Waals surface area (Å²) in [4.78, 5) is 22.5. The summed E-state index contributed by atoms with van der Waals surface area (Å²) in [6, 6.07) is 5.72. The lowest BCUT2D eigenvalue weighted by Crippen LogP contribution is -2.40. The number of carbonyl (C=O) groups excluding carboxylic acids is 2. The van der Waals surface area contributed by atoms with Crippen molar-refractivity contribution in [3.05, 3.63) is 29.8 Å². The lowest BCUT2D eigenvalue weighted by Gasteiger charge is -2.11. The summed E-state index contributed by atoms with van der Waals surface area (Å²) in [7, 11) is -3.54. The summed E-state index contributed by atoms with van der Waals surface area (Å²) in [5, 5.41) is 11.5. The van der Waals surface area contributed by atoms with Crippen LogP contribution < -0.4 is 11.1 Å². The average Bonchev–Trinajstić information content (AvgIpc) is 2.44. The van der Waals surface area contributed by atoms with Gasteiger partial charge in [0, 0.05) is 0 Å². The van der Waals surface area contributed by atoms with Crippen LogP contribution in [0.1, 0.15) is 17.3 Å². The Bertz CT molecular complexity index is 612. The molecule has 1 rings (SSSR count). The fourth-order valence-corrected chi connectivity index (χ4v) is 2.56. The molecule has 110 valence electrons. The summed E-state index contributed by atoms with van der Waals surface area (Å²) in [5.41, 5.74) is 4.81. The lowest BCUT2D eigenvalue weighted by atomic mass is 10.2. The molecule has 0 fully saturated rings. The summed E-state index contributed by atoms with van der Waals surface area (Å²) in [5.74, 6) is -1.81. The standard InChI is InChI=1S/C12H16N2O5S/c1-2-20(18,19)10-6-4-3-5-8(10)12(17)14-7-9(15)11(13)16/h3-6,9,15H,2,7H2,1H3,(H2,13,16)(H,14,17). The van der Waals surface area contributed by atoms with Crippen molar-refractivity contribution in [2.75, 3.05) is 12.3 Å². The number of hydrogen-bond donors (Lipinski definition) is 3. The second kappa shape index (κ2) is 6.49. The number of nitrogens with one attached hydrogen (secondary N) is 1. The molecule has 0 bridgehead atoms. The zero-order valence-electron chi connectivity index (χ0n) is 10.9. The van der Waals surface area contributed by atoms with Gasteiger partial charge in [0.1, 0.15) is 6.10 Å². The maximum Gasteiger partial charge on any atom is 0.252 e. The van der Waals surface area contributed by atoms with Gasteiger partial charge in [0.15, 0.2) is 9.84 Å². The van der Waals surface area contributed by atoms with Crippen molar-refractivity contribution in [3.8, 4) is 0 Å². The van der Waals surface area contributed by atoms with Crippen molar-refractivity contribution in [1.82, 2.24) is 5.32 Å². The first-order valence-corrected chi connectivity index (χ1v) is 7.52. The number of carbonyl (C=O) groups is 2. The normalized spacial score (nSPS) is 12.7. The van der Waals surface area contributed by atoms with Crippen LogP contribution >= 0.6 is 0 Å². The van der Waals surface area contributed by atoms with Crippen LogP contribution in [0.25, 0.3) is 0 Å². The molecule has 1 aromatic carbocycles. The Labute approximate surface area is 116 Å². The third-order valence-electron chi connectivity index (χ3n) is 2.63. The van der Waals surface area contributed by atoms with Gasteiger partial charge in [-0.3, -0.25) is 9.59 Å². The first-order chi connectivity index (χ1) is 9.29. The second-order valence-electron chi connectivity index (χ2n) is 4.03. The van der Waals surface area contributed by atoms with Crippen LogP contribution in [0.15, 0.2) is 29.2 Å². The van der Waals surface area contributed by atoms with Gasteiger partial charge in [-0.1, -0.05) is 19.1 Å². The number of aliphatic hydroxyl groups excluding tert-OH is 1. The van der Waals surface area contributed by atoms with Crippen LogP contribution in [-0.2, 0) is 14.6 Å². The highest BCUT2D eigenvalue weighted by Gasteiger charge is 2.21. The van der Waals surface area contributed by atoms with E-state index < -0.39 is 27.8 Å². The van der Waals surface area contributed by atoms with Gasteiger partial charge in [-0.05, 0) is 12.1 Å². The quantitative estimate of drug-likeness (QED) is 0.624. The van der Waals surface area contributed by atoms with Crippen molar-refractivity contribution in [2.24, 2.45) is 5.73 Å². The van der Waals surface area contributed by atoms with Gasteiger partial charge in [0.05, 0.1) is 22.8 Å². The fourth-order valence-electron chi connectivity index (χ4n) is 1.47. The van der Waals surface area contributed by atoms with Gasteiger partial charge >= 0.3 is 0 Å². The van der Waals surface area contributed by atoms with Gasteiger partial charge in [0.2, 0.25) is 5.91 Å². The van der Waals surface area contributed by atoms with E-state index in [0.717, 1.165) is 0 Å². The molecule has 0 aliphatic rings. The van der Waals surface area contributed by atoms with Crippen LogP contribution in [0.4, 0.5) is 0 Å². The fraction of sp³-hybridized carbons (Fsp3) is 0.333. The van der Waals surface area contributed by atoms with E-state index in [1.807, 2.05) is 0 Å². The maximum atomic E-state index is 11.9. The Balaban J connectivity index is 2.98. The molecular formula is C12H16N2O5S. The van der Waals surface area contributed by atoms with Crippen LogP contribution in [0.5, 0.6) is 0 Å². The summed E-state index contributed by atoms with van der Waals surface area (Å²) in [6.45, 7) is 1.09. The van der Waals surface area contributed by atoms with E-state index in [2.05, 4.69) is 5.32 Å². The molecule has 1 unspecified atom stereocenters. The van der Waals surface area contributed by atoms with Gasteiger partial charge in [-0.25, -0.2) is 8.42 Å². The molecule has 2 amide bonds. The number of sulfone groups is 1. The zero-order valence-corrected chi connectivity index (χ0v) is 11.7. The van der Waals surface area contributed by atoms with E-state index in [1.165, 1.54) is 31.2 Å². The molecule has 0 saturated heterocycles. The molecule has 0 aromatic heterocycles. The molecule has 0 spiro atoms. The van der Waals surface area contributed by atoms with E-state index in [0.29, 0.717) is 0 Å². The van der Waals surface area contributed by atoms with Crippen molar-refractivity contribution in [1.29, 1.82) is 0 Å². The minimum atomic E-state index is -3.54. The average molecular weight is 300 g/mol. The second-order valence-corrected chi connectivity index (χ2v) is 6.27. The van der Waals surface area contributed by atoms with Crippen LogP contribution in [-0.4, -0.2) is 43.7 Å². The smallest absolute Gasteiger partial charge is 0.252 e. The molecule has 7 nitrogen and oxygen atoms in total. The summed E-state index contributed by atoms with van der Waals surface area (Å²) < 4.78 is 23.7. The van der Waals surface area contributed by atoms with E-state index >= 15 is 0 Å². The predicted octanol–water partition coefficient (Wildman–Crippen LogP) is -0.944. The lowest BCUT2D eigenvalue weighted by molar-refractivity contribution is -0.125. The highest BCUT2D eigenvalue weighted by molar-refractivity contribution is 7.91. The first kappa shape index (κ1) is 16.1. The molecule has 1 aromatic rings. The monoisotopic (exact) mass is 300 g/mol. The molecule has 8 heteroatoms. The SMILES string of the molecule is CCS(=O)(=O)c1ccccc1C(=O)NCC(O)C(N)=O. The maximum absolute atomic E-state index is 11.9. The van der Waals surface area contributed by atoms with Crippen molar-refractivity contribution in [2.45, 2.75) is 17.9 Å². The van der Waals surface area contributed by atoms with Crippen molar-refractivity contribution < 1.29 is 23.1 Å². The minimum Gasteiger partial charge on any atom is -0.381 e. The minimum absolute atomic E-state index is 0.0361. The van der Waals surface area contributed by atoms with E-state index in [9.17, 15) is 23.1 Å². The highest BCUT2D eigenvalue weighted by atomic mass is 32.2. The Hall–Kier alpha value is -1.93. The van der Waals surface area contributed by atoms with Gasteiger partial charge in [0.25, 0.3) is 5.91 Å². The molecule has 0 aliphatic heterocycles. The van der Waals surface area contributed by atoms with Crippen molar-refractivity contribution in [3.63, 3.8) is 0 Å². The molecule has 0 radical (unpaired) electrons. The van der Waals surface area contributed by atoms with E-state index in [-0.39, 0.29) is 22.8 Å². The summed E-state index contributed by atoms with van der Waals surface area (Å²) in [6.07, 6.45) is -1.52. The number of nitrogens with two attached hydrogens (primary N) is 1. The molecule has 20 heavy (non-hydrogen) atoms. The third-order valence-corrected chi connectivity index (χ3v) is 4.42. The van der Waals surface area contributed by atoms with Gasteiger partial charge < -0.3 is 16.2 Å². The number of hydrogen-bond acceptors (Lipinski definition) is 5. The van der Waals surface area contributed by atoms with E-state index in [4.69, 9.17) is 5.73 Å². The zero-order chi connectivity index (χ0) is 15.3. The number of aliphatic hydroxyl groups is 1. The Kier molecular flexibility index (Phi) is 5.23. The molecule has 0 saturated carbocycles. The Morgan fingerprint density at radius 2 is 1.95 bits per heavy atom. The largest absolute Gasteiger partial charge is 0.381 e. The van der Waals surface area contributed by atoms with Crippen molar-refractivity contribution >= 4 is 21.7 Å². The third kappa shape index (κ3) is 3.78. The number of amides is 2. The highest BCUT2D eigenvalue weighted by Crippen LogP contribution is 2.16.